The molecular weight excluding hydrogens is 500 g/mol. The third kappa shape index (κ3) is 7.10. The van der Waals surface area contributed by atoms with Crippen LogP contribution in [0.5, 0.6) is 0 Å². The summed E-state index contributed by atoms with van der Waals surface area (Å²) in [6, 6.07) is 18.1. The number of rotatable bonds is 10. The van der Waals surface area contributed by atoms with Gasteiger partial charge in [0.15, 0.2) is 0 Å². The van der Waals surface area contributed by atoms with Crippen molar-refractivity contribution < 1.29 is 14.3 Å². The van der Waals surface area contributed by atoms with E-state index in [9.17, 15) is 9.59 Å². The number of amides is 1. The van der Waals surface area contributed by atoms with Crippen LogP contribution in [-0.2, 0) is 29.0 Å². The molecule has 2 heterocycles. The van der Waals surface area contributed by atoms with Gasteiger partial charge >= 0.3 is 5.97 Å². The third-order valence-electron chi connectivity index (χ3n) is 5.75. The zero-order chi connectivity index (χ0) is 24.6. The number of anilines is 1. The Morgan fingerprint density at radius 1 is 1.14 bits per heavy atom. The maximum Gasteiger partial charge on any atom is 0.341 e. The number of hydrogen-bond donors (Lipinski definition) is 1. The van der Waals surface area contributed by atoms with Crippen LogP contribution in [0, 0.1) is 0 Å². The largest absolute Gasteiger partial charge is 0.462 e. The van der Waals surface area contributed by atoms with Crippen LogP contribution in [-0.4, -0.2) is 35.7 Å². The Kier molecular flexibility index (Phi) is 9.26. The summed E-state index contributed by atoms with van der Waals surface area (Å²) in [5.41, 5.74) is 2.82. The van der Waals surface area contributed by atoms with E-state index in [0.29, 0.717) is 28.6 Å². The van der Waals surface area contributed by atoms with Crippen LogP contribution in [0.25, 0.3) is 0 Å². The summed E-state index contributed by atoms with van der Waals surface area (Å²) in [4.78, 5) is 30.2. The second-order valence-corrected chi connectivity index (χ2v) is 11.0. The molecule has 0 saturated carbocycles. The zero-order valence-electron chi connectivity index (χ0n) is 19.7. The fraction of sp³-hybridized carbons (Fsp3) is 0.333. The minimum atomic E-state index is -0.352. The Morgan fingerprint density at radius 3 is 2.66 bits per heavy atom. The van der Waals surface area contributed by atoms with Crippen LogP contribution in [0.1, 0.15) is 46.1 Å². The third-order valence-corrected chi connectivity index (χ3v) is 8.23. The van der Waals surface area contributed by atoms with Crippen molar-refractivity contribution >= 4 is 51.6 Å². The van der Waals surface area contributed by atoms with E-state index in [1.54, 1.807) is 18.7 Å². The SMILES string of the molecule is CCOC(=O)c1c(NC(=O)CCCSc2ccc(Cl)cc2)sc2c1CCN(Cc1ccccc1)C2. The van der Waals surface area contributed by atoms with Crippen LogP contribution < -0.4 is 5.32 Å². The van der Waals surface area contributed by atoms with Crippen molar-refractivity contribution in [2.45, 2.75) is 44.2 Å². The van der Waals surface area contributed by atoms with E-state index in [-0.39, 0.29) is 11.9 Å². The summed E-state index contributed by atoms with van der Waals surface area (Å²) in [5.74, 6) is 0.400. The molecule has 5 nitrogen and oxygen atoms in total. The number of benzene rings is 2. The van der Waals surface area contributed by atoms with Gasteiger partial charge in [-0.05, 0) is 60.9 Å². The lowest BCUT2D eigenvalue weighted by Gasteiger charge is -2.27. The molecule has 3 aromatic rings. The highest BCUT2D eigenvalue weighted by atomic mass is 35.5. The molecule has 2 aromatic carbocycles. The molecule has 184 valence electrons. The van der Waals surface area contributed by atoms with Crippen molar-refractivity contribution in [3.8, 4) is 0 Å². The van der Waals surface area contributed by atoms with Gasteiger partial charge in [-0.15, -0.1) is 23.1 Å². The normalized spacial score (nSPS) is 13.3. The maximum atomic E-state index is 12.8. The van der Waals surface area contributed by atoms with Crippen molar-refractivity contribution in [2.24, 2.45) is 0 Å². The van der Waals surface area contributed by atoms with Gasteiger partial charge in [0.2, 0.25) is 5.91 Å². The van der Waals surface area contributed by atoms with Gasteiger partial charge in [-0.1, -0.05) is 41.9 Å². The Bertz CT molecular complexity index is 1150. The van der Waals surface area contributed by atoms with E-state index >= 15 is 0 Å². The molecule has 0 aliphatic carbocycles. The van der Waals surface area contributed by atoms with E-state index < -0.39 is 0 Å². The first-order valence-electron chi connectivity index (χ1n) is 11.8. The first-order chi connectivity index (χ1) is 17.0. The minimum absolute atomic E-state index is 0.0769. The molecule has 0 unspecified atom stereocenters. The molecule has 0 bridgehead atoms. The molecule has 35 heavy (non-hydrogen) atoms. The van der Waals surface area contributed by atoms with Gasteiger partial charge in [-0.2, -0.15) is 0 Å². The van der Waals surface area contributed by atoms with Crippen LogP contribution in [0.15, 0.2) is 59.5 Å². The molecule has 1 N–H and O–H groups in total. The average molecular weight is 529 g/mol. The molecule has 0 radical (unpaired) electrons. The molecule has 0 spiro atoms. The van der Waals surface area contributed by atoms with Crippen molar-refractivity contribution in [3.05, 3.63) is 81.2 Å². The second-order valence-electron chi connectivity index (χ2n) is 8.33. The highest BCUT2D eigenvalue weighted by molar-refractivity contribution is 7.99. The number of nitrogens with zero attached hydrogens (tertiary/aromatic N) is 1. The predicted molar refractivity (Wildman–Crippen MR) is 145 cm³/mol. The molecule has 0 atom stereocenters. The minimum Gasteiger partial charge on any atom is -0.462 e. The second kappa shape index (κ2) is 12.6. The first kappa shape index (κ1) is 25.8. The smallest absolute Gasteiger partial charge is 0.341 e. The molecule has 1 aliphatic heterocycles. The number of carbonyl (C=O) groups is 2. The monoisotopic (exact) mass is 528 g/mol. The number of carbonyl (C=O) groups excluding carboxylic acids is 2. The number of hydrogen-bond acceptors (Lipinski definition) is 6. The highest BCUT2D eigenvalue weighted by Gasteiger charge is 2.29. The standard InChI is InChI=1S/C27H29ClN2O3S2/c1-2-33-27(32)25-22-14-15-30(17-19-7-4-3-5-8-19)18-23(22)35-26(25)29-24(31)9-6-16-34-21-12-10-20(28)11-13-21/h3-5,7-8,10-13H,2,6,9,14-18H2,1H3,(H,29,31). The Labute approximate surface area is 219 Å². The van der Waals surface area contributed by atoms with Crippen LogP contribution in [0.2, 0.25) is 5.02 Å². The number of thioether (sulfide) groups is 1. The topological polar surface area (TPSA) is 58.6 Å². The molecule has 0 fully saturated rings. The van der Waals surface area contributed by atoms with Crippen molar-refractivity contribution in [1.29, 1.82) is 0 Å². The lowest BCUT2D eigenvalue weighted by atomic mass is 10.0. The Morgan fingerprint density at radius 2 is 1.91 bits per heavy atom. The van der Waals surface area contributed by atoms with E-state index in [1.807, 2.05) is 30.3 Å². The molecular formula is C27H29ClN2O3S2. The fourth-order valence-corrected chi connectivity index (χ4v) is 6.36. The summed E-state index contributed by atoms with van der Waals surface area (Å²) >= 11 is 9.13. The Balaban J connectivity index is 1.38. The molecule has 0 saturated heterocycles. The lowest BCUT2D eigenvalue weighted by Crippen LogP contribution is -2.29. The van der Waals surface area contributed by atoms with E-state index in [2.05, 4.69) is 34.5 Å². The summed E-state index contributed by atoms with van der Waals surface area (Å²) in [5, 5.41) is 4.34. The number of thiophene rings is 1. The Hall–Kier alpha value is -2.32. The first-order valence-corrected chi connectivity index (χ1v) is 14.0. The summed E-state index contributed by atoms with van der Waals surface area (Å²) < 4.78 is 5.34. The molecule has 4 rings (SSSR count). The van der Waals surface area contributed by atoms with Gasteiger partial charge in [0.05, 0.1) is 12.2 Å². The quantitative estimate of drug-likeness (QED) is 0.181. The van der Waals surface area contributed by atoms with Crippen molar-refractivity contribution in [1.82, 2.24) is 4.90 Å². The van der Waals surface area contributed by atoms with Gasteiger partial charge in [0, 0.05) is 40.9 Å². The van der Waals surface area contributed by atoms with Gasteiger partial charge in [0.25, 0.3) is 0 Å². The fourth-order valence-electron chi connectivity index (χ4n) is 4.08. The summed E-state index contributed by atoms with van der Waals surface area (Å²) in [6.45, 7) is 4.59. The lowest BCUT2D eigenvalue weighted by molar-refractivity contribution is -0.116. The molecule has 8 heteroatoms. The zero-order valence-corrected chi connectivity index (χ0v) is 22.1. The van der Waals surface area contributed by atoms with E-state index in [4.69, 9.17) is 16.3 Å². The number of halogens is 1. The molecule has 1 aliphatic rings. The van der Waals surface area contributed by atoms with Crippen molar-refractivity contribution in [3.63, 3.8) is 0 Å². The number of nitrogens with one attached hydrogen (secondary N) is 1. The van der Waals surface area contributed by atoms with Crippen LogP contribution >= 0.6 is 34.7 Å². The van der Waals surface area contributed by atoms with Crippen LogP contribution in [0.3, 0.4) is 0 Å². The van der Waals surface area contributed by atoms with Crippen molar-refractivity contribution in [2.75, 3.05) is 24.2 Å². The molecule has 1 amide bonds. The van der Waals surface area contributed by atoms with Gasteiger partial charge in [-0.25, -0.2) is 4.79 Å². The van der Waals surface area contributed by atoms with E-state index in [0.717, 1.165) is 53.6 Å². The van der Waals surface area contributed by atoms with E-state index in [1.165, 1.54) is 16.9 Å². The predicted octanol–water partition coefficient (Wildman–Crippen LogP) is 6.65. The highest BCUT2D eigenvalue weighted by Crippen LogP contribution is 2.38. The van der Waals surface area contributed by atoms with Gasteiger partial charge in [0.1, 0.15) is 5.00 Å². The maximum absolute atomic E-state index is 12.8. The number of esters is 1. The average Bonchev–Trinajstić information content (AvgIpc) is 3.20. The number of ether oxygens (including phenoxy) is 1. The van der Waals surface area contributed by atoms with Crippen LogP contribution in [0.4, 0.5) is 5.00 Å². The molecule has 1 aromatic heterocycles. The van der Waals surface area contributed by atoms with Gasteiger partial charge in [-0.3, -0.25) is 9.69 Å². The number of fused-ring (bicyclic) bond motifs is 1. The summed E-state index contributed by atoms with van der Waals surface area (Å²) in [6.07, 6.45) is 1.90. The summed E-state index contributed by atoms with van der Waals surface area (Å²) in [7, 11) is 0. The van der Waals surface area contributed by atoms with Gasteiger partial charge < -0.3 is 10.1 Å².